The first kappa shape index (κ1) is 10.7. The lowest BCUT2D eigenvalue weighted by molar-refractivity contribution is -0.143. The van der Waals surface area contributed by atoms with Crippen LogP contribution >= 0.6 is 0 Å². The van der Waals surface area contributed by atoms with Crippen LogP contribution in [0, 0.1) is 5.92 Å². The summed E-state index contributed by atoms with van der Waals surface area (Å²) in [7, 11) is 0. The van der Waals surface area contributed by atoms with E-state index >= 15 is 0 Å². The number of aliphatic carboxylic acids is 1. The predicted octanol–water partition coefficient (Wildman–Crippen LogP) is 1.22. The van der Waals surface area contributed by atoms with Gasteiger partial charge in [-0.05, 0) is 25.0 Å². The van der Waals surface area contributed by atoms with E-state index in [1.807, 2.05) is 0 Å². The molecule has 1 N–H and O–H groups in total. The average molecular weight is 223 g/mol. The Bertz CT molecular complexity index is 385. The van der Waals surface area contributed by atoms with Crippen molar-refractivity contribution in [2.24, 2.45) is 5.92 Å². The summed E-state index contributed by atoms with van der Waals surface area (Å²) < 4.78 is 5.01. The van der Waals surface area contributed by atoms with Crippen LogP contribution in [0.25, 0.3) is 0 Å². The molecule has 86 valence electrons. The van der Waals surface area contributed by atoms with Gasteiger partial charge < -0.3 is 14.4 Å². The lowest BCUT2D eigenvalue weighted by atomic mass is 9.98. The third-order valence-corrected chi connectivity index (χ3v) is 2.79. The predicted molar refractivity (Wildman–Crippen MR) is 55.0 cm³/mol. The molecule has 1 saturated heterocycles. The van der Waals surface area contributed by atoms with Gasteiger partial charge in [-0.25, -0.2) is 0 Å². The molecular weight excluding hydrogens is 210 g/mol. The highest BCUT2D eigenvalue weighted by atomic mass is 16.4. The quantitative estimate of drug-likeness (QED) is 0.818. The number of piperidine rings is 1. The Balaban J connectivity index is 2.05. The Morgan fingerprint density at radius 3 is 2.94 bits per heavy atom. The summed E-state index contributed by atoms with van der Waals surface area (Å²) >= 11 is 0. The fourth-order valence-corrected chi connectivity index (χ4v) is 1.92. The third kappa shape index (κ3) is 2.08. The zero-order valence-electron chi connectivity index (χ0n) is 8.76. The average Bonchev–Trinajstić information content (AvgIpc) is 2.81. The molecule has 2 rings (SSSR count). The van der Waals surface area contributed by atoms with Crippen LogP contribution in [0.5, 0.6) is 0 Å². The summed E-state index contributed by atoms with van der Waals surface area (Å²) in [5, 5.41) is 8.91. The second-order valence-corrected chi connectivity index (χ2v) is 3.91. The number of nitrogens with zero attached hydrogens (tertiary/aromatic N) is 1. The van der Waals surface area contributed by atoms with Crippen molar-refractivity contribution in [1.29, 1.82) is 0 Å². The van der Waals surface area contributed by atoms with Crippen molar-refractivity contribution in [3.05, 3.63) is 24.2 Å². The fourth-order valence-electron chi connectivity index (χ4n) is 1.92. The van der Waals surface area contributed by atoms with Crippen molar-refractivity contribution in [1.82, 2.24) is 4.90 Å². The molecule has 0 aromatic carbocycles. The first-order valence-corrected chi connectivity index (χ1v) is 5.24. The van der Waals surface area contributed by atoms with E-state index in [4.69, 9.17) is 9.52 Å². The lowest BCUT2D eigenvalue weighted by Crippen LogP contribution is -2.42. The van der Waals surface area contributed by atoms with E-state index < -0.39 is 11.9 Å². The van der Waals surface area contributed by atoms with Gasteiger partial charge >= 0.3 is 5.97 Å². The highest BCUT2D eigenvalue weighted by molar-refractivity contribution is 5.91. The number of carboxylic acid groups (broad SMARTS) is 1. The Kier molecular flexibility index (Phi) is 2.94. The van der Waals surface area contributed by atoms with E-state index in [-0.39, 0.29) is 18.2 Å². The minimum Gasteiger partial charge on any atom is -0.481 e. The second kappa shape index (κ2) is 4.38. The molecule has 1 aromatic heterocycles. The molecule has 1 aliphatic heterocycles. The van der Waals surface area contributed by atoms with E-state index in [0.29, 0.717) is 13.0 Å². The molecule has 1 fully saturated rings. The van der Waals surface area contributed by atoms with Gasteiger partial charge in [-0.2, -0.15) is 0 Å². The van der Waals surface area contributed by atoms with Gasteiger partial charge in [0.2, 0.25) is 0 Å². The molecule has 16 heavy (non-hydrogen) atoms. The van der Waals surface area contributed by atoms with Gasteiger partial charge in [0, 0.05) is 13.1 Å². The van der Waals surface area contributed by atoms with Crippen molar-refractivity contribution < 1.29 is 19.1 Å². The molecule has 0 unspecified atom stereocenters. The number of carboxylic acids is 1. The fraction of sp³-hybridized carbons (Fsp3) is 0.455. The summed E-state index contributed by atoms with van der Waals surface area (Å²) in [6.45, 7) is 0.873. The van der Waals surface area contributed by atoms with Crippen molar-refractivity contribution in [3.8, 4) is 0 Å². The molecule has 0 bridgehead atoms. The smallest absolute Gasteiger partial charge is 0.308 e. The van der Waals surface area contributed by atoms with E-state index in [1.165, 1.54) is 6.26 Å². The summed E-state index contributed by atoms with van der Waals surface area (Å²) in [4.78, 5) is 24.3. The van der Waals surface area contributed by atoms with Gasteiger partial charge in [-0.3, -0.25) is 9.59 Å². The van der Waals surface area contributed by atoms with E-state index in [1.54, 1.807) is 17.0 Å². The summed E-state index contributed by atoms with van der Waals surface area (Å²) in [6, 6.07) is 3.23. The molecule has 5 heteroatoms. The van der Waals surface area contributed by atoms with Crippen molar-refractivity contribution >= 4 is 11.9 Å². The maximum atomic E-state index is 11.9. The Morgan fingerprint density at radius 1 is 1.50 bits per heavy atom. The van der Waals surface area contributed by atoms with Crippen molar-refractivity contribution in [2.45, 2.75) is 12.8 Å². The molecule has 5 nitrogen and oxygen atoms in total. The number of furan rings is 1. The van der Waals surface area contributed by atoms with Gasteiger partial charge in [0.1, 0.15) is 0 Å². The zero-order chi connectivity index (χ0) is 11.5. The number of carbonyl (C=O) groups excluding carboxylic acids is 1. The van der Waals surface area contributed by atoms with Crippen LogP contribution in [0.3, 0.4) is 0 Å². The minimum atomic E-state index is -0.836. The van der Waals surface area contributed by atoms with Gasteiger partial charge in [-0.1, -0.05) is 0 Å². The Hall–Kier alpha value is -1.78. The topological polar surface area (TPSA) is 70.8 Å². The van der Waals surface area contributed by atoms with Crippen LogP contribution < -0.4 is 0 Å². The molecule has 0 saturated carbocycles. The maximum Gasteiger partial charge on any atom is 0.308 e. The van der Waals surface area contributed by atoms with Crippen LogP contribution in [0.2, 0.25) is 0 Å². The zero-order valence-corrected chi connectivity index (χ0v) is 8.76. The normalized spacial score (nSPS) is 20.8. The third-order valence-electron chi connectivity index (χ3n) is 2.79. The first-order chi connectivity index (χ1) is 7.68. The molecule has 0 aliphatic carbocycles. The summed E-state index contributed by atoms with van der Waals surface area (Å²) in [5.74, 6) is -1.24. The van der Waals surface area contributed by atoms with Gasteiger partial charge in [0.05, 0.1) is 12.2 Å². The van der Waals surface area contributed by atoms with Gasteiger partial charge in [0.15, 0.2) is 5.76 Å². The number of rotatable bonds is 2. The second-order valence-electron chi connectivity index (χ2n) is 3.91. The van der Waals surface area contributed by atoms with Crippen molar-refractivity contribution in [2.75, 3.05) is 13.1 Å². The minimum absolute atomic E-state index is 0.226. The summed E-state index contributed by atoms with van der Waals surface area (Å²) in [6.07, 6.45) is 2.80. The highest BCUT2D eigenvalue weighted by Gasteiger charge is 2.29. The molecule has 1 aliphatic rings. The number of hydrogen-bond donors (Lipinski definition) is 1. The Morgan fingerprint density at radius 2 is 2.31 bits per heavy atom. The molecular formula is C11H13NO4. The lowest BCUT2D eigenvalue weighted by Gasteiger charge is -2.29. The molecule has 2 heterocycles. The SMILES string of the molecule is O=C(O)[C@@H]1CCCN(C(=O)c2ccco2)C1. The van der Waals surface area contributed by atoms with Crippen molar-refractivity contribution in [3.63, 3.8) is 0 Å². The molecule has 1 aromatic rings. The molecule has 0 radical (unpaired) electrons. The van der Waals surface area contributed by atoms with Gasteiger partial charge in [0.25, 0.3) is 5.91 Å². The largest absolute Gasteiger partial charge is 0.481 e. The Labute approximate surface area is 92.7 Å². The van der Waals surface area contributed by atoms with Crippen LogP contribution in [0.4, 0.5) is 0 Å². The van der Waals surface area contributed by atoms with Crippen LogP contribution in [0.1, 0.15) is 23.4 Å². The standard InChI is InChI=1S/C11H13NO4/c13-10(9-4-2-6-16-9)12-5-1-3-8(7-12)11(14)15/h2,4,6,8H,1,3,5,7H2,(H,14,15)/t8-/m1/s1. The van der Waals surface area contributed by atoms with Crippen LogP contribution in [0.15, 0.2) is 22.8 Å². The molecule has 0 spiro atoms. The summed E-state index contributed by atoms with van der Waals surface area (Å²) in [5.41, 5.74) is 0. The van der Waals surface area contributed by atoms with E-state index in [0.717, 1.165) is 6.42 Å². The number of amides is 1. The number of likely N-dealkylation sites (tertiary alicyclic amines) is 1. The number of hydrogen-bond acceptors (Lipinski definition) is 3. The molecule has 1 amide bonds. The maximum absolute atomic E-state index is 11.9. The molecule has 1 atom stereocenters. The highest BCUT2D eigenvalue weighted by Crippen LogP contribution is 2.18. The van der Waals surface area contributed by atoms with Crippen LogP contribution in [-0.2, 0) is 4.79 Å². The van der Waals surface area contributed by atoms with Crippen LogP contribution in [-0.4, -0.2) is 35.0 Å². The van der Waals surface area contributed by atoms with E-state index in [2.05, 4.69) is 0 Å². The first-order valence-electron chi connectivity index (χ1n) is 5.24. The monoisotopic (exact) mass is 223 g/mol. The van der Waals surface area contributed by atoms with E-state index in [9.17, 15) is 9.59 Å². The number of carbonyl (C=O) groups is 2. The van der Waals surface area contributed by atoms with Gasteiger partial charge in [-0.15, -0.1) is 0 Å².